The van der Waals surface area contributed by atoms with Crippen LogP contribution in [-0.2, 0) is 4.74 Å². The van der Waals surface area contributed by atoms with Gasteiger partial charge in [-0.3, -0.25) is 4.90 Å². The Morgan fingerprint density at radius 2 is 1.82 bits per heavy atom. The summed E-state index contributed by atoms with van der Waals surface area (Å²) in [4.78, 5) is 2.43. The van der Waals surface area contributed by atoms with E-state index in [2.05, 4.69) is 38.0 Å². The van der Waals surface area contributed by atoms with Gasteiger partial charge in [0.1, 0.15) is 0 Å². The number of unbranched alkanes of at least 4 members (excludes halogenated alkanes) is 1. The number of likely N-dealkylation sites (N-methyl/N-ethyl adjacent to an activating group) is 1. The number of nitrogens with zero attached hydrogens (tertiary/aromatic N) is 1. The molecule has 0 fully saturated rings. The van der Waals surface area contributed by atoms with Crippen molar-refractivity contribution in [2.45, 2.75) is 52.5 Å². The summed E-state index contributed by atoms with van der Waals surface area (Å²) in [5.41, 5.74) is 0.316. The van der Waals surface area contributed by atoms with Crippen molar-refractivity contribution in [3.63, 3.8) is 0 Å². The maximum absolute atomic E-state index is 5.30. The molecule has 0 aromatic heterocycles. The van der Waals surface area contributed by atoms with Crippen molar-refractivity contribution in [3.05, 3.63) is 0 Å². The predicted octanol–water partition coefficient (Wildman–Crippen LogP) is 2.51. The van der Waals surface area contributed by atoms with E-state index in [1.807, 2.05) is 6.92 Å². The second kappa shape index (κ2) is 9.86. The van der Waals surface area contributed by atoms with Gasteiger partial charge < -0.3 is 10.1 Å². The van der Waals surface area contributed by atoms with Crippen LogP contribution in [0, 0.1) is 0 Å². The van der Waals surface area contributed by atoms with Crippen molar-refractivity contribution in [1.82, 2.24) is 10.2 Å². The van der Waals surface area contributed by atoms with E-state index < -0.39 is 0 Å². The van der Waals surface area contributed by atoms with Gasteiger partial charge in [0.25, 0.3) is 0 Å². The standard InChI is InChI=1S/C14H32N2O/c1-6-14(3,4)16(5)12-11-15-10-8-9-13-17-7-2/h15H,6-13H2,1-5H3. The lowest BCUT2D eigenvalue weighted by Gasteiger charge is -2.34. The van der Waals surface area contributed by atoms with E-state index in [1.165, 1.54) is 12.8 Å². The number of rotatable bonds is 11. The average molecular weight is 244 g/mol. The first-order valence-corrected chi connectivity index (χ1v) is 7.04. The minimum atomic E-state index is 0.316. The van der Waals surface area contributed by atoms with E-state index in [1.54, 1.807) is 0 Å². The molecule has 17 heavy (non-hydrogen) atoms. The molecule has 0 spiro atoms. The first-order chi connectivity index (χ1) is 8.04. The van der Waals surface area contributed by atoms with Crippen LogP contribution in [-0.4, -0.2) is 50.3 Å². The molecule has 1 N–H and O–H groups in total. The number of nitrogens with one attached hydrogen (secondary N) is 1. The van der Waals surface area contributed by atoms with Gasteiger partial charge in [-0.1, -0.05) is 6.92 Å². The Hall–Kier alpha value is -0.120. The second-order valence-electron chi connectivity index (χ2n) is 5.24. The van der Waals surface area contributed by atoms with Crippen LogP contribution in [0.2, 0.25) is 0 Å². The van der Waals surface area contributed by atoms with Crippen LogP contribution in [0.1, 0.15) is 47.0 Å². The molecule has 0 bridgehead atoms. The molecule has 104 valence electrons. The van der Waals surface area contributed by atoms with E-state index in [9.17, 15) is 0 Å². The first kappa shape index (κ1) is 16.9. The fourth-order valence-corrected chi connectivity index (χ4v) is 1.54. The van der Waals surface area contributed by atoms with Crippen LogP contribution in [0.4, 0.5) is 0 Å². The zero-order valence-corrected chi connectivity index (χ0v) is 12.5. The van der Waals surface area contributed by atoms with E-state index >= 15 is 0 Å². The molecule has 0 rings (SSSR count). The van der Waals surface area contributed by atoms with Gasteiger partial charge in [0.2, 0.25) is 0 Å². The van der Waals surface area contributed by atoms with Crippen LogP contribution in [0.25, 0.3) is 0 Å². The summed E-state index contributed by atoms with van der Waals surface area (Å²) in [6, 6.07) is 0. The van der Waals surface area contributed by atoms with Crippen LogP contribution >= 0.6 is 0 Å². The van der Waals surface area contributed by atoms with Crippen molar-refractivity contribution >= 4 is 0 Å². The average Bonchev–Trinajstić information content (AvgIpc) is 2.32. The third-order valence-corrected chi connectivity index (χ3v) is 3.62. The van der Waals surface area contributed by atoms with Crippen LogP contribution in [0.3, 0.4) is 0 Å². The van der Waals surface area contributed by atoms with Crippen LogP contribution < -0.4 is 5.32 Å². The van der Waals surface area contributed by atoms with Crippen molar-refractivity contribution < 1.29 is 4.74 Å². The molecule has 0 atom stereocenters. The minimum absolute atomic E-state index is 0.316. The van der Waals surface area contributed by atoms with E-state index in [4.69, 9.17) is 4.74 Å². The van der Waals surface area contributed by atoms with E-state index in [0.717, 1.165) is 39.3 Å². The van der Waals surface area contributed by atoms with E-state index in [-0.39, 0.29) is 0 Å². The van der Waals surface area contributed by atoms with Gasteiger partial charge in [0.05, 0.1) is 0 Å². The second-order valence-corrected chi connectivity index (χ2v) is 5.24. The first-order valence-electron chi connectivity index (χ1n) is 7.04. The topological polar surface area (TPSA) is 24.5 Å². The number of hydrogen-bond donors (Lipinski definition) is 1. The van der Waals surface area contributed by atoms with Gasteiger partial charge in [-0.25, -0.2) is 0 Å². The SMILES string of the molecule is CCOCCCCNCCN(C)C(C)(C)CC. The zero-order valence-electron chi connectivity index (χ0n) is 12.5. The summed E-state index contributed by atoms with van der Waals surface area (Å²) in [6.07, 6.45) is 3.57. The lowest BCUT2D eigenvalue weighted by Crippen LogP contribution is -2.43. The Morgan fingerprint density at radius 3 is 2.41 bits per heavy atom. The maximum atomic E-state index is 5.30. The molecule has 3 nitrogen and oxygen atoms in total. The van der Waals surface area contributed by atoms with Gasteiger partial charge in [-0.15, -0.1) is 0 Å². The number of hydrogen-bond acceptors (Lipinski definition) is 3. The van der Waals surface area contributed by atoms with Crippen molar-refractivity contribution in [2.24, 2.45) is 0 Å². The summed E-state index contributed by atoms with van der Waals surface area (Å²) in [7, 11) is 2.21. The molecule has 0 saturated carbocycles. The molecule has 3 heteroatoms. The molecular weight excluding hydrogens is 212 g/mol. The van der Waals surface area contributed by atoms with Gasteiger partial charge in [-0.05, 0) is 53.6 Å². The highest BCUT2D eigenvalue weighted by Crippen LogP contribution is 2.15. The Bertz CT molecular complexity index is 172. The third kappa shape index (κ3) is 8.58. The lowest BCUT2D eigenvalue weighted by atomic mass is 10.0. The van der Waals surface area contributed by atoms with Gasteiger partial charge in [0.15, 0.2) is 0 Å². The molecule has 0 aliphatic rings. The molecule has 0 aliphatic carbocycles. The van der Waals surface area contributed by atoms with Crippen LogP contribution in [0.15, 0.2) is 0 Å². The highest BCUT2D eigenvalue weighted by atomic mass is 16.5. The smallest absolute Gasteiger partial charge is 0.0466 e. The Labute approximate surface area is 108 Å². The zero-order chi connectivity index (χ0) is 13.1. The highest BCUT2D eigenvalue weighted by Gasteiger charge is 2.19. The largest absolute Gasteiger partial charge is 0.382 e. The molecule has 0 unspecified atom stereocenters. The summed E-state index contributed by atoms with van der Waals surface area (Å²) in [6.45, 7) is 13.9. The van der Waals surface area contributed by atoms with Gasteiger partial charge in [-0.2, -0.15) is 0 Å². The maximum Gasteiger partial charge on any atom is 0.0466 e. The summed E-state index contributed by atoms with van der Waals surface area (Å²) in [5, 5.41) is 3.49. The van der Waals surface area contributed by atoms with E-state index in [0.29, 0.717) is 5.54 Å². The molecular formula is C14H32N2O. The van der Waals surface area contributed by atoms with Crippen molar-refractivity contribution in [1.29, 1.82) is 0 Å². The van der Waals surface area contributed by atoms with Crippen molar-refractivity contribution in [3.8, 4) is 0 Å². The normalized spacial score (nSPS) is 12.4. The monoisotopic (exact) mass is 244 g/mol. The highest BCUT2D eigenvalue weighted by molar-refractivity contribution is 4.77. The molecule has 0 heterocycles. The Kier molecular flexibility index (Phi) is 9.79. The fraction of sp³-hybridized carbons (Fsp3) is 1.00. The van der Waals surface area contributed by atoms with Gasteiger partial charge >= 0.3 is 0 Å². The van der Waals surface area contributed by atoms with Crippen LogP contribution in [0.5, 0.6) is 0 Å². The quantitative estimate of drug-likeness (QED) is 0.565. The summed E-state index contributed by atoms with van der Waals surface area (Å²) >= 11 is 0. The molecule has 0 aromatic carbocycles. The Morgan fingerprint density at radius 1 is 1.12 bits per heavy atom. The Balaban J connectivity index is 3.34. The summed E-state index contributed by atoms with van der Waals surface area (Å²) < 4.78 is 5.30. The molecule has 0 aliphatic heterocycles. The molecule has 0 aromatic rings. The lowest BCUT2D eigenvalue weighted by molar-refractivity contribution is 0.142. The molecule has 0 saturated heterocycles. The molecule has 0 amide bonds. The summed E-state index contributed by atoms with van der Waals surface area (Å²) in [5.74, 6) is 0. The third-order valence-electron chi connectivity index (χ3n) is 3.62. The van der Waals surface area contributed by atoms with Gasteiger partial charge in [0, 0.05) is 31.8 Å². The number of ether oxygens (including phenoxy) is 1. The minimum Gasteiger partial charge on any atom is -0.382 e. The van der Waals surface area contributed by atoms with Crippen molar-refractivity contribution in [2.75, 3.05) is 39.9 Å². The predicted molar refractivity (Wildman–Crippen MR) is 75.6 cm³/mol. The molecule has 0 radical (unpaired) electrons. The fourth-order valence-electron chi connectivity index (χ4n) is 1.54.